The van der Waals surface area contributed by atoms with E-state index in [2.05, 4.69) is 31.3 Å². The molecule has 0 unspecified atom stereocenters. The highest BCUT2D eigenvalue weighted by atomic mass is 79.9. The largest absolute Gasteiger partial charge is 0.321 e. The minimum Gasteiger partial charge on any atom is -0.321 e. The van der Waals surface area contributed by atoms with E-state index in [4.69, 9.17) is 5.26 Å². The van der Waals surface area contributed by atoms with Crippen molar-refractivity contribution in [3.05, 3.63) is 40.4 Å². The number of aromatic nitrogens is 3. The number of hydrogen-bond donors (Lipinski definition) is 1. The first-order chi connectivity index (χ1) is 9.49. The molecule has 6 nitrogen and oxygen atoms in total. The first kappa shape index (κ1) is 14.1. The quantitative estimate of drug-likeness (QED) is 0.922. The second kappa shape index (κ2) is 5.75. The molecule has 0 saturated carbocycles. The fourth-order valence-corrected chi connectivity index (χ4v) is 1.92. The van der Waals surface area contributed by atoms with Crippen LogP contribution in [0.3, 0.4) is 0 Å². The highest BCUT2D eigenvalue weighted by Gasteiger charge is 2.13. The number of anilines is 1. The molecule has 20 heavy (non-hydrogen) atoms. The van der Waals surface area contributed by atoms with E-state index in [0.717, 1.165) is 10.7 Å². The Labute approximate surface area is 120 Å². The topological polar surface area (TPSA) is 83.6 Å². The molecule has 0 saturated heterocycles. The molecular formula is C11H6BrF2N5O. The Kier molecular flexibility index (Phi) is 4.05. The van der Waals surface area contributed by atoms with E-state index in [1.54, 1.807) is 6.07 Å². The number of amides is 1. The standard InChI is InChI=1S/C11H6BrF2N5O/c12-7-1-6(13)2-8(14)11(7)17-10(20)4-19-5-16-9(3-15)18-19/h1-2,5H,4H2,(H,17,20). The van der Waals surface area contributed by atoms with Crippen LogP contribution in [0.2, 0.25) is 0 Å². The van der Waals surface area contributed by atoms with E-state index in [0.29, 0.717) is 6.07 Å². The van der Waals surface area contributed by atoms with Crippen LogP contribution in [0, 0.1) is 23.0 Å². The summed E-state index contributed by atoms with van der Waals surface area (Å²) in [4.78, 5) is 15.3. The number of rotatable bonds is 3. The van der Waals surface area contributed by atoms with Gasteiger partial charge in [-0.15, -0.1) is 5.10 Å². The maximum atomic E-state index is 13.5. The van der Waals surface area contributed by atoms with Crippen LogP contribution in [0.1, 0.15) is 5.82 Å². The van der Waals surface area contributed by atoms with Crippen molar-refractivity contribution < 1.29 is 13.6 Å². The van der Waals surface area contributed by atoms with E-state index in [1.165, 1.54) is 6.33 Å². The Hall–Kier alpha value is -2.34. The predicted octanol–water partition coefficient (Wildman–Crippen LogP) is 1.83. The first-order valence-corrected chi connectivity index (χ1v) is 6.03. The van der Waals surface area contributed by atoms with Crippen molar-refractivity contribution in [2.45, 2.75) is 6.54 Å². The van der Waals surface area contributed by atoms with Gasteiger partial charge >= 0.3 is 0 Å². The Balaban J connectivity index is 2.11. The summed E-state index contributed by atoms with van der Waals surface area (Å²) >= 11 is 2.95. The molecule has 1 aromatic carbocycles. The molecule has 1 heterocycles. The smallest absolute Gasteiger partial charge is 0.252 e. The SMILES string of the molecule is N#Cc1ncn(CC(=O)Nc2c(F)cc(F)cc2Br)n1. The van der Waals surface area contributed by atoms with Crippen molar-refractivity contribution >= 4 is 27.5 Å². The Morgan fingerprint density at radius 2 is 2.25 bits per heavy atom. The molecule has 102 valence electrons. The monoisotopic (exact) mass is 341 g/mol. The highest BCUT2D eigenvalue weighted by molar-refractivity contribution is 9.10. The molecule has 0 aliphatic carbocycles. The number of benzene rings is 1. The lowest BCUT2D eigenvalue weighted by atomic mass is 10.3. The van der Waals surface area contributed by atoms with Gasteiger partial charge in [0.25, 0.3) is 5.82 Å². The zero-order chi connectivity index (χ0) is 14.7. The van der Waals surface area contributed by atoms with Crippen molar-refractivity contribution in [1.29, 1.82) is 5.26 Å². The molecule has 0 aliphatic rings. The zero-order valence-corrected chi connectivity index (χ0v) is 11.4. The third kappa shape index (κ3) is 3.16. The number of hydrogen-bond acceptors (Lipinski definition) is 4. The molecule has 2 rings (SSSR count). The van der Waals surface area contributed by atoms with E-state index < -0.39 is 17.5 Å². The molecule has 1 amide bonds. The molecule has 0 spiro atoms. The molecule has 0 aliphatic heterocycles. The lowest BCUT2D eigenvalue weighted by Gasteiger charge is -2.08. The van der Waals surface area contributed by atoms with Crippen LogP contribution in [0.25, 0.3) is 0 Å². The third-order valence-electron chi connectivity index (χ3n) is 2.21. The zero-order valence-electron chi connectivity index (χ0n) is 9.77. The molecule has 1 N–H and O–H groups in total. The van der Waals surface area contributed by atoms with Crippen LogP contribution in [-0.4, -0.2) is 20.7 Å². The van der Waals surface area contributed by atoms with Crippen LogP contribution in [-0.2, 0) is 11.3 Å². The number of carbonyl (C=O) groups excluding carboxylic acids is 1. The lowest BCUT2D eigenvalue weighted by Crippen LogP contribution is -2.20. The number of carbonyl (C=O) groups is 1. The summed E-state index contributed by atoms with van der Waals surface area (Å²) < 4.78 is 27.6. The number of nitriles is 1. The van der Waals surface area contributed by atoms with Crippen LogP contribution in [0.15, 0.2) is 22.9 Å². The Morgan fingerprint density at radius 1 is 1.50 bits per heavy atom. The van der Waals surface area contributed by atoms with E-state index in [-0.39, 0.29) is 22.5 Å². The molecule has 0 bridgehead atoms. The minimum absolute atomic E-state index is 0.0769. The second-order valence-electron chi connectivity index (χ2n) is 3.67. The summed E-state index contributed by atoms with van der Waals surface area (Å²) in [5.41, 5.74) is -0.169. The molecule has 9 heteroatoms. The predicted molar refractivity (Wildman–Crippen MR) is 67.4 cm³/mol. The summed E-state index contributed by atoms with van der Waals surface area (Å²) in [6, 6.07) is 3.40. The highest BCUT2D eigenvalue weighted by Crippen LogP contribution is 2.26. The second-order valence-corrected chi connectivity index (χ2v) is 4.52. The molecule has 0 atom stereocenters. The normalized spacial score (nSPS) is 10.1. The van der Waals surface area contributed by atoms with Crippen molar-refractivity contribution in [1.82, 2.24) is 14.8 Å². The van der Waals surface area contributed by atoms with Crippen molar-refractivity contribution in [2.75, 3.05) is 5.32 Å². The Morgan fingerprint density at radius 3 is 2.85 bits per heavy atom. The average molecular weight is 342 g/mol. The van der Waals surface area contributed by atoms with E-state index in [9.17, 15) is 13.6 Å². The molecule has 2 aromatic rings. The molecule has 1 aromatic heterocycles. The number of nitrogens with one attached hydrogen (secondary N) is 1. The van der Waals surface area contributed by atoms with Crippen molar-refractivity contribution in [2.24, 2.45) is 0 Å². The molecule has 0 radical (unpaired) electrons. The first-order valence-electron chi connectivity index (χ1n) is 5.23. The van der Waals surface area contributed by atoms with Gasteiger partial charge in [-0.2, -0.15) is 5.26 Å². The van der Waals surface area contributed by atoms with Gasteiger partial charge in [-0.3, -0.25) is 4.79 Å². The maximum absolute atomic E-state index is 13.5. The lowest BCUT2D eigenvalue weighted by molar-refractivity contribution is -0.116. The Bertz CT molecular complexity index is 686. The molecular weight excluding hydrogens is 336 g/mol. The van der Waals surface area contributed by atoms with E-state index in [1.807, 2.05) is 0 Å². The van der Waals surface area contributed by atoms with Crippen LogP contribution in [0.4, 0.5) is 14.5 Å². The van der Waals surface area contributed by atoms with Crippen LogP contribution in [0.5, 0.6) is 0 Å². The summed E-state index contributed by atoms with van der Waals surface area (Å²) in [5.74, 6) is -2.33. The van der Waals surface area contributed by atoms with Gasteiger partial charge in [0.1, 0.15) is 24.8 Å². The van der Waals surface area contributed by atoms with Gasteiger partial charge in [0, 0.05) is 10.5 Å². The van der Waals surface area contributed by atoms with Crippen LogP contribution >= 0.6 is 15.9 Å². The summed E-state index contributed by atoms with van der Waals surface area (Å²) in [6.07, 6.45) is 1.20. The fraction of sp³-hybridized carbons (Fsp3) is 0.0909. The third-order valence-corrected chi connectivity index (χ3v) is 2.84. The van der Waals surface area contributed by atoms with Crippen molar-refractivity contribution in [3.8, 4) is 6.07 Å². The summed E-state index contributed by atoms with van der Waals surface area (Å²) in [7, 11) is 0. The van der Waals surface area contributed by atoms with Gasteiger partial charge < -0.3 is 5.32 Å². The number of nitrogens with zero attached hydrogens (tertiary/aromatic N) is 4. The van der Waals surface area contributed by atoms with Gasteiger partial charge in [-0.25, -0.2) is 18.4 Å². The van der Waals surface area contributed by atoms with Gasteiger partial charge in [-0.05, 0) is 22.0 Å². The number of halogens is 3. The van der Waals surface area contributed by atoms with Crippen molar-refractivity contribution in [3.63, 3.8) is 0 Å². The van der Waals surface area contributed by atoms with Crippen LogP contribution < -0.4 is 5.32 Å². The van der Waals surface area contributed by atoms with Gasteiger partial charge in [0.05, 0.1) is 5.69 Å². The van der Waals surface area contributed by atoms with Gasteiger partial charge in [0.15, 0.2) is 5.82 Å². The van der Waals surface area contributed by atoms with Gasteiger partial charge in [0.2, 0.25) is 5.91 Å². The fourth-order valence-electron chi connectivity index (χ4n) is 1.41. The van der Waals surface area contributed by atoms with Gasteiger partial charge in [-0.1, -0.05) is 0 Å². The summed E-state index contributed by atoms with van der Waals surface area (Å²) in [5, 5.41) is 14.5. The summed E-state index contributed by atoms with van der Waals surface area (Å²) in [6.45, 7) is -0.252. The molecule has 0 fully saturated rings. The van der Waals surface area contributed by atoms with E-state index >= 15 is 0 Å². The average Bonchev–Trinajstić information content (AvgIpc) is 2.81. The maximum Gasteiger partial charge on any atom is 0.252 e. The minimum atomic E-state index is -0.901.